The topological polar surface area (TPSA) is 101 Å². The van der Waals surface area contributed by atoms with Crippen LogP contribution in [0.25, 0.3) is 21.3 Å². The molecule has 4 aromatic rings. The van der Waals surface area contributed by atoms with Gasteiger partial charge in [0.1, 0.15) is 22.2 Å². The standard InChI is InChI=1S/C23H25N3O5S/c1-29-13-16(27)10-26(11-18-4-3-9-31-18)12-20-24-22(28)21-19(14-32-23(21)25-20)15-5-7-17(30-2)8-6-15/h3-9,14,16,27H,10-13H2,1-2H3,(H,24,25,28). The van der Waals surface area contributed by atoms with Crippen LogP contribution < -0.4 is 10.3 Å². The number of nitrogens with zero attached hydrogens (tertiary/aromatic N) is 2. The van der Waals surface area contributed by atoms with Gasteiger partial charge in [-0.2, -0.15) is 0 Å². The van der Waals surface area contributed by atoms with Crippen LogP contribution in [-0.2, 0) is 17.8 Å². The van der Waals surface area contributed by atoms with Crippen molar-refractivity contribution >= 4 is 21.6 Å². The quantitative estimate of drug-likeness (QED) is 0.378. The van der Waals surface area contributed by atoms with Crippen LogP contribution in [0, 0.1) is 0 Å². The maximum Gasteiger partial charge on any atom is 0.260 e. The number of aromatic amines is 1. The molecular formula is C23H25N3O5S. The van der Waals surface area contributed by atoms with E-state index in [2.05, 4.69) is 4.98 Å². The summed E-state index contributed by atoms with van der Waals surface area (Å²) in [4.78, 5) is 23.2. The number of furan rings is 1. The van der Waals surface area contributed by atoms with Crippen molar-refractivity contribution in [1.29, 1.82) is 0 Å². The zero-order valence-corrected chi connectivity index (χ0v) is 18.7. The SMILES string of the molecule is COCC(O)CN(Cc1nc2scc(-c3ccc(OC)cc3)c2c(=O)[nH]1)Cc1ccco1. The fourth-order valence-corrected chi connectivity index (χ4v) is 4.58. The third-order valence-electron chi connectivity index (χ3n) is 5.05. The van der Waals surface area contributed by atoms with E-state index in [1.54, 1.807) is 20.5 Å². The Balaban J connectivity index is 1.60. The van der Waals surface area contributed by atoms with Crippen molar-refractivity contribution in [2.24, 2.45) is 0 Å². The lowest BCUT2D eigenvalue weighted by Gasteiger charge is -2.23. The summed E-state index contributed by atoms with van der Waals surface area (Å²) in [5.74, 6) is 2.05. The molecule has 8 nitrogen and oxygen atoms in total. The van der Waals surface area contributed by atoms with Crippen molar-refractivity contribution in [3.05, 3.63) is 70.0 Å². The molecule has 4 rings (SSSR count). The molecule has 0 saturated heterocycles. The van der Waals surface area contributed by atoms with Crippen molar-refractivity contribution in [1.82, 2.24) is 14.9 Å². The lowest BCUT2D eigenvalue weighted by Crippen LogP contribution is -2.35. The summed E-state index contributed by atoms with van der Waals surface area (Å²) in [5.41, 5.74) is 1.59. The molecular weight excluding hydrogens is 430 g/mol. The van der Waals surface area contributed by atoms with E-state index in [0.717, 1.165) is 22.6 Å². The number of nitrogens with one attached hydrogen (secondary N) is 1. The maximum atomic E-state index is 13.0. The van der Waals surface area contributed by atoms with E-state index in [1.807, 2.05) is 46.7 Å². The summed E-state index contributed by atoms with van der Waals surface area (Å²) in [7, 11) is 3.17. The van der Waals surface area contributed by atoms with Crippen LogP contribution in [0.15, 0.2) is 57.3 Å². The number of fused-ring (bicyclic) bond motifs is 1. The third kappa shape index (κ3) is 5.08. The predicted octanol–water partition coefficient (Wildman–Crippen LogP) is 3.26. The monoisotopic (exact) mass is 455 g/mol. The molecule has 32 heavy (non-hydrogen) atoms. The van der Waals surface area contributed by atoms with Gasteiger partial charge in [0, 0.05) is 24.6 Å². The molecule has 0 amide bonds. The number of methoxy groups -OCH3 is 2. The Labute approximate surface area is 189 Å². The predicted molar refractivity (Wildman–Crippen MR) is 123 cm³/mol. The Morgan fingerprint density at radius 2 is 2.03 bits per heavy atom. The van der Waals surface area contributed by atoms with E-state index in [-0.39, 0.29) is 12.2 Å². The molecule has 0 radical (unpaired) electrons. The number of hydrogen-bond donors (Lipinski definition) is 2. The minimum absolute atomic E-state index is 0.188. The molecule has 3 heterocycles. The van der Waals surface area contributed by atoms with E-state index >= 15 is 0 Å². The smallest absolute Gasteiger partial charge is 0.260 e. The number of H-pyrrole nitrogens is 1. The second-order valence-electron chi connectivity index (χ2n) is 7.43. The molecule has 3 aromatic heterocycles. The van der Waals surface area contributed by atoms with Gasteiger partial charge in [-0.1, -0.05) is 12.1 Å². The Morgan fingerprint density at radius 3 is 2.72 bits per heavy atom. The fourth-order valence-electron chi connectivity index (χ4n) is 3.61. The number of thiophene rings is 1. The van der Waals surface area contributed by atoms with Gasteiger partial charge < -0.3 is 24.0 Å². The van der Waals surface area contributed by atoms with E-state index in [1.165, 1.54) is 11.3 Å². The van der Waals surface area contributed by atoms with Crippen LogP contribution in [-0.4, -0.2) is 53.4 Å². The Bertz CT molecular complexity index is 1200. The number of aliphatic hydroxyl groups is 1. The minimum Gasteiger partial charge on any atom is -0.497 e. The molecule has 168 valence electrons. The molecule has 0 saturated carbocycles. The van der Waals surface area contributed by atoms with Crippen LogP contribution in [0.4, 0.5) is 0 Å². The summed E-state index contributed by atoms with van der Waals surface area (Å²) >= 11 is 1.43. The molecule has 0 bridgehead atoms. The summed E-state index contributed by atoms with van der Waals surface area (Å²) < 4.78 is 15.7. The molecule has 2 N–H and O–H groups in total. The summed E-state index contributed by atoms with van der Waals surface area (Å²) in [6.45, 7) is 1.38. The van der Waals surface area contributed by atoms with Crippen molar-refractivity contribution in [3.8, 4) is 16.9 Å². The van der Waals surface area contributed by atoms with Crippen LogP contribution in [0.2, 0.25) is 0 Å². The first-order valence-electron chi connectivity index (χ1n) is 10.1. The van der Waals surface area contributed by atoms with Gasteiger partial charge in [-0.05, 0) is 29.8 Å². The van der Waals surface area contributed by atoms with E-state index in [9.17, 15) is 9.90 Å². The van der Waals surface area contributed by atoms with E-state index in [0.29, 0.717) is 35.7 Å². The van der Waals surface area contributed by atoms with E-state index in [4.69, 9.17) is 18.9 Å². The molecule has 0 spiro atoms. The number of ether oxygens (including phenoxy) is 2. The number of aliphatic hydroxyl groups excluding tert-OH is 1. The second-order valence-corrected chi connectivity index (χ2v) is 8.29. The Morgan fingerprint density at radius 1 is 1.22 bits per heavy atom. The fraction of sp³-hybridized carbons (Fsp3) is 0.304. The molecule has 9 heteroatoms. The largest absolute Gasteiger partial charge is 0.497 e. The number of rotatable bonds is 10. The minimum atomic E-state index is -0.672. The lowest BCUT2D eigenvalue weighted by molar-refractivity contribution is 0.0317. The van der Waals surface area contributed by atoms with Crippen LogP contribution in [0.5, 0.6) is 5.75 Å². The van der Waals surface area contributed by atoms with Gasteiger partial charge in [0.15, 0.2) is 0 Å². The highest BCUT2D eigenvalue weighted by Gasteiger charge is 2.18. The summed E-state index contributed by atoms with van der Waals surface area (Å²) in [6.07, 6.45) is 0.936. The van der Waals surface area contributed by atoms with Crippen molar-refractivity contribution in [3.63, 3.8) is 0 Å². The lowest BCUT2D eigenvalue weighted by atomic mass is 10.1. The average Bonchev–Trinajstić information content (AvgIpc) is 3.44. The van der Waals surface area contributed by atoms with Gasteiger partial charge in [0.05, 0.1) is 44.6 Å². The van der Waals surface area contributed by atoms with Crippen LogP contribution in [0.1, 0.15) is 11.6 Å². The molecule has 1 atom stereocenters. The first kappa shape index (κ1) is 22.2. The molecule has 0 aliphatic carbocycles. The number of hydrogen-bond acceptors (Lipinski definition) is 8. The number of benzene rings is 1. The van der Waals surface area contributed by atoms with Crippen LogP contribution >= 0.6 is 11.3 Å². The molecule has 1 unspecified atom stereocenters. The zero-order valence-electron chi connectivity index (χ0n) is 17.9. The summed E-state index contributed by atoms with van der Waals surface area (Å²) in [5, 5.41) is 12.7. The van der Waals surface area contributed by atoms with Crippen molar-refractivity contribution in [2.45, 2.75) is 19.2 Å². The molecule has 1 aromatic carbocycles. The Kier molecular flexibility index (Phi) is 7.01. The number of aromatic nitrogens is 2. The van der Waals surface area contributed by atoms with Crippen molar-refractivity contribution in [2.75, 3.05) is 27.4 Å². The normalized spacial score (nSPS) is 12.5. The molecule has 0 aliphatic rings. The van der Waals surface area contributed by atoms with Crippen LogP contribution in [0.3, 0.4) is 0 Å². The van der Waals surface area contributed by atoms with Gasteiger partial charge in [0.2, 0.25) is 0 Å². The van der Waals surface area contributed by atoms with Gasteiger partial charge >= 0.3 is 0 Å². The third-order valence-corrected chi connectivity index (χ3v) is 5.93. The molecule has 0 aliphatic heterocycles. The van der Waals surface area contributed by atoms with Gasteiger partial charge in [0.25, 0.3) is 5.56 Å². The van der Waals surface area contributed by atoms with E-state index < -0.39 is 6.10 Å². The zero-order chi connectivity index (χ0) is 22.5. The summed E-state index contributed by atoms with van der Waals surface area (Å²) in [6, 6.07) is 11.3. The first-order valence-corrected chi connectivity index (χ1v) is 11.0. The van der Waals surface area contributed by atoms with Crippen molar-refractivity contribution < 1.29 is 19.0 Å². The molecule has 0 fully saturated rings. The van der Waals surface area contributed by atoms with Gasteiger partial charge in [-0.25, -0.2) is 4.98 Å². The Hall–Kier alpha value is -2.98. The highest BCUT2D eigenvalue weighted by atomic mass is 32.1. The van der Waals surface area contributed by atoms with Gasteiger partial charge in [-0.3, -0.25) is 9.69 Å². The highest BCUT2D eigenvalue weighted by molar-refractivity contribution is 7.17. The highest BCUT2D eigenvalue weighted by Crippen LogP contribution is 2.31. The van der Waals surface area contributed by atoms with Gasteiger partial charge in [-0.15, -0.1) is 11.3 Å². The first-order chi connectivity index (χ1) is 15.6. The maximum absolute atomic E-state index is 13.0. The second kappa shape index (κ2) is 10.1. The average molecular weight is 456 g/mol.